The number of carbonyl (C=O) groups is 1. The second kappa shape index (κ2) is 10.3. The number of ether oxygens (including phenoxy) is 2. The Balaban J connectivity index is 1.76. The standard InChI is InChI=1S/C24H33N3O3/c1-5-29-20-11-9-18(15-21(20)30-6-2)23(17(3)4)26-24(28)19-10-12-22(25-16-19)27-13-7-8-14-27/h9-12,15-17,23H,5-8,13-14H2,1-4H3,(H,26,28). The minimum Gasteiger partial charge on any atom is -0.490 e. The molecule has 1 aliphatic rings. The van der Waals surface area contributed by atoms with Crippen molar-refractivity contribution >= 4 is 11.7 Å². The molecule has 0 spiro atoms. The number of carbonyl (C=O) groups excluding carboxylic acids is 1. The Morgan fingerprint density at radius 2 is 1.77 bits per heavy atom. The van der Waals surface area contributed by atoms with Gasteiger partial charge in [0.05, 0.1) is 24.8 Å². The zero-order valence-corrected chi connectivity index (χ0v) is 18.5. The van der Waals surface area contributed by atoms with Gasteiger partial charge in [0.1, 0.15) is 5.82 Å². The molecule has 1 amide bonds. The molecule has 1 fully saturated rings. The summed E-state index contributed by atoms with van der Waals surface area (Å²) in [6.07, 6.45) is 4.07. The fourth-order valence-electron chi connectivity index (χ4n) is 3.77. The lowest BCUT2D eigenvalue weighted by atomic mass is 9.95. The summed E-state index contributed by atoms with van der Waals surface area (Å²) in [5.41, 5.74) is 1.56. The summed E-state index contributed by atoms with van der Waals surface area (Å²) < 4.78 is 11.4. The maximum Gasteiger partial charge on any atom is 0.253 e. The minimum absolute atomic E-state index is 0.124. The van der Waals surface area contributed by atoms with Crippen LogP contribution in [0.5, 0.6) is 11.5 Å². The molecular weight excluding hydrogens is 378 g/mol. The Morgan fingerprint density at radius 1 is 1.07 bits per heavy atom. The van der Waals surface area contributed by atoms with Crippen LogP contribution in [-0.2, 0) is 0 Å². The molecule has 162 valence electrons. The molecule has 1 aromatic carbocycles. The Kier molecular flexibility index (Phi) is 7.55. The minimum atomic E-state index is -0.148. The van der Waals surface area contributed by atoms with Crippen LogP contribution in [0.3, 0.4) is 0 Å². The molecule has 6 heteroatoms. The number of amides is 1. The smallest absolute Gasteiger partial charge is 0.253 e. The second-order valence-electron chi connectivity index (χ2n) is 7.87. The van der Waals surface area contributed by atoms with Crippen LogP contribution in [0.2, 0.25) is 0 Å². The highest BCUT2D eigenvalue weighted by Crippen LogP contribution is 2.33. The predicted molar refractivity (Wildman–Crippen MR) is 120 cm³/mol. The monoisotopic (exact) mass is 411 g/mol. The number of nitrogens with zero attached hydrogens (tertiary/aromatic N) is 2. The molecule has 2 heterocycles. The first-order valence-corrected chi connectivity index (χ1v) is 10.9. The van der Waals surface area contributed by atoms with Gasteiger partial charge >= 0.3 is 0 Å². The zero-order chi connectivity index (χ0) is 21.5. The quantitative estimate of drug-likeness (QED) is 0.653. The molecule has 1 N–H and O–H groups in total. The second-order valence-corrected chi connectivity index (χ2v) is 7.87. The molecule has 0 aliphatic carbocycles. The molecule has 1 saturated heterocycles. The molecule has 6 nitrogen and oxygen atoms in total. The highest BCUT2D eigenvalue weighted by molar-refractivity contribution is 5.94. The van der Waals surface area contributed by atoms with Crippen molar-refractivity contribution in [2.24, 2.45) is 5.92 Å². The predicted octanol–water partition coefficient (Wildman–Crippen LogP) is 4.61. The van der Waals surface area contributed by atoms with E-state index in [9.17, 15) is 4.79 Å². The third-order valence-corrected chi connectivity index (χ3v) is 5.32. The molecule has 0 bridgehead atoms. The van der Waals surface area contributed by atoms with Crippen LogP contribution in [-0.4, -0.2) is 37.2 Å². The lowest BCUT2D eigenvalue weighted by molar-refractivity contribution is 0.0925. The third-order valence-electron chi connectivity index (χ3n) is 5.32. The van der Waals surface area contributed by atoms with Crippen molar-refractivity contribution in [3.8, 4) is 11.5 Å². The lowest BCUT2D eigenvalue weighted by Gasteiger charge is -2.24. The Labute approximate surface area is 179 Å². The highest BCUT2D eigenvalue weighted by Gasteiger charge is 2.22. The largest absolute Gasteiger partial charge is 0.490 e. The summed E-state index contributed by atoms with van der Waals surface area (Å²) in [4.78, 5) is 19.7. The molecule has 1 atom stereocenters. The van der Waals surface area contributed by atoms with Crippen molar-refractivity contribution in [1.82, 2.24) is 10.3 Å². The van der Waals surface area contributed by atoms with E-state index in [2.05, 4.69) is 29.0 Å². The van der Waals surface area contributed by atoms with E-state index in [1.165, 1.54) is 12.8 Å². The first-order chi connectivity index (χ1) is 14.5. The summed E-state index contributed by atoms with van der Waals surface area (Å²) in [6, 6.07) is 9.52. The summed E-state index contributed by atoms with van der Waals surface area (Å²) in [6.45, 7) is 11.3. The topological polar surface area (TPSA) is 63.7 Å². The zero-order valence-electron chi connectivity index (χ0n) is 18.5. The normalized spacial score (nSPS) is 14.6. The molecule has 1 aromatic heterocycles. The molecular formula is C24H33N3O3. The van der Waals surface area contributed by atoms with Gasteiger partial charge in [-0.05, 0) is 62.4 Å². The molecule has 0 radical (unpaired) electrons. The Hall–Kier alpha value is -2.76. The Morgan fingerprint density at radius 3 is 2.37 bits per heavy atom. The van der Waals surface area contributed by atoms with Crippen molar-refractivity contribution in [2.45, 2.75) is 46.6 Å². The fourth-order valence-corrected chi connectivity index (χ4v) is 3.77. The molecule has 3 rings (SSSR count). The number of hydrogen-bond donors (Lipinski definition) is 1. The van der Waals surface area contributed by atoms with Gasteiger partial charge in [-0.1, -0.05) is 19.9 Å². The van der Waals surface area contributed by atoms with Crippen LogP contribution in [0, 0.1) is 5.92 Å². The van der Waals surface area contributed by atoms with E-state index < -0.39 is 0 Å². The number of nitrogens with one attached hydrogen (secondary N) is 1. The Bertz CT molecular complexity index is 830. The molecule has 1 aliphatic heterocycles. The lowest BCUT2D eigenvalue weighted by Crippen LogP contribution is -2.32. The van der Waals surface area contributed by atoms with E-state index in [0.29, 0.717) is 24.5 Å². The van der Waals surface area contributed by atoms with Gasteiger partial charge in [0, 0.05) is 19.3 Å². The maximum absolute atomic E-state index is 12.9. The van der Waals surface area contributed by atoms with E-state index in [1.54, 1.807) is 6.20 Å². The number of anilines is 1. The van der Waals surface area contributed by atoms with E-state index in [0.717, 1.165) is 30.2 Å². The van der Waals surface area contributed by atoms with Gasteiger partial charge < -0.3 is 19.7 Å². The van der Waals surface area contributed by atoms with Crippen LogP contribution in [0.1, 0.15) is 62.5 Å². The number of rotatable bonds is 9. The average Bonchev–Trinajstić information content (AvgIpc) is 3.28. The van der Waals surface area contributed by atoms with Crippen LogP contribution < -0.4 is 19.7 Å². The van der Waals surface area contributed by atoms with Crippen LogP contribution in [0.25, 0.3) is 0 Å². The van der Waals surface area contributed by atoms with E-state index >= 15 is 0 Å². The fraction of sp³-hybridized carbons (Fsp3) is 0.500. The first-order valence-electron chi connectivity index (χ1n) is 10.9. The molecule has 1 unspecified atom stereocenters. The van der Waals surface area contributed by atoms with Crippen molar-refractivity contribution < 1.29 is 14.3 Å². The maximum atomic E-state index is 12.9. The average molecular weight is 412 g/mol. The van der Waals surface area contributed by atoms with E-state index in [4.69, 9.17) is 9.47 Å². The van der Waals surface area contributed by atoms with Crippen molar-refractivity contribution in [3.63, 3.8) is 0 Å². The van der Waals surface area contributed by atoms with Gasteiger partial charge in [-0.2, -0.15) is 0 Å². The van der Waals surface area contributed by atoms with E-state index in [-0.39, 0.29) is 17.9 Å². The first kappa shape index (κ1) is 21.9. The van der Waals surface area contributed by atoms with Gasteiger partial charge in [-0.3, -0.25) is 4.79 Å². The summed E-state index contributed by atoms with van der Waals surface area (Å²) in [5, 5.41) is 3.17. The summed E-state index contributed by atoms with van der Waals surface area (Å²) in [7, 11) is 0. The summed E-state index contributed by atoms with van der Waals surface area (Å²) in [5.74, 6) is 2.45. The number of hydrogen-bond acceptors (Lipinski definition) is 5. The number of pyridine rings is 1. The SMILES string of the molecule is CCOc1ccc(C(NC(=O)c2ccc(N3CCCC3)nc2)C(C)C)cc1OCC. The van der Waals surface area contributed by atoms with E-state index in [1.807, 2.05) is 44.2 Å². The third kappa shape index (κ3) is 5.23. The van der Waals surface area contributed by atoms with Gasteiger partial charge in [0.2, 0.25) is 0 Å². The van der Waals surface area contributed by atoms with Crippen molar-refractivity contribution in [1.29, 1.82) is 0 Å². The van der Waals surface area contributed by atoms with Crippen LogP contribution >= 0.6 is 0 Å². The van der Waals surface area contributed by atoms with Gasteiger partial charge in [-0.15, -0.1) is 0 Å². The molecule has 30 heavy (non-hydrogen) atoms. The molecule has 0 saturated carbocycles. The van der Waals surface area contributed by atoms with Crippen LogP contribution in [0.4, 0.5) is 5.82 Å². The van der Waals surface area contributed by atoms with Gasteiger partial charge in [0.15, 0.2) is 11.5 Å². The number of aromatic nitrogens is 1. The van der Waals surface area contributed by atoms with Gasteiger partial charge in [0.25, 0.3) is 5.91 Å². The molecule has 2 aromatic rings. The number of benzene rings is 1. The highest BCUT2D eigenvalue weighted by atomic mass is 16.5. The van der Waals surface area contributed by atoms with Crippen molar-refractivity contribution in [3.05, 3.63) is 47.7 Å². The van der Waals surface area contributed by atoms with Gasteiger partial charge in [-0.25, -0.2) is 4.98 Å². The van der Waals surface area contributed by atoms with Crippen molar-refractivity contribution in [2.75, 3.05) is 31.2 Å². The summed E-state index contributed by atoms with van der Waals surface area (Å²) >= 11 is 0. The van der Waals surface area contributed by atoms with Crippen LogP contribution in [0.15, 0.2) is 36.5 Å².